The molecule has 1 aliphatic rings. The monoisotopic (exact) mass is 153 g/mol. The lowest BCUT2D eigenvalue weighted by molar-refractivity contribution is -0.125. The van der Waals surface area contributed by atoms with Crippen molar-refractivity contribution in [2.75, 3.05) is 14.1 Å². The minimum atomic E-state index is -0.242. The fourth-order valence-corrected chi connectivity index (χ4v) is 1.98. The molecule has 2 heteroatoms. The number of carbonyl (C=O) groups excluding carboxylic acids is 1. The van der Waals surface area contributed by atoms with Gasteiger partial charge in [-0.1, -0.05) is 0 Å². The highest BCUT2D eigenvalue weighted by atomic mass is 16.1. The summed E-state index contributed by atoms with van der Waals surface area (Å²) >= 11 is 0. The van der Waals surface area contributed by atoms with Crippen molar-refractivity contribution in [2.45, 2.75) is 20.8 Å². The van der Waals surface area contributed by atoms with Crippen molar-refractivity contribution >= 4 is 5.78 Å². The molecule has 62 valence electrons. The molecular formula is C9H15NO. The van der Waals surface area contributed by atoms with Gasteiger partial charge in [-0.3, -0.25) is 4.79 Å². The molecular weight excluding hydrogens is 138 g/mol. The first kappa shape index (κ1) is 8.31. The van der Waals surface area contributed by atoms with E-state index in [2.05, 4.69) is 0 Å². The van der Waals surface area contributed by atoms with Crippen LogP contribution in [0.15, 0.2) is 11.3 Å². The van der Waals surface area contributed by atoms with Gasteiger partial charge in [0.1, 0.15) is 0 Å². The van der Waals surface area contributed by atoms with Crippen LogP contribution in [0.4, 0.5) is 0 Å². The van der Waals surface area contributed by atoms with Crippen molar-refractivity contribution in [3.63, 3.8) is 0 Å². The molecule has 1 aliphatic carbocycles. The maximum Gasteiger partial charge on any atom is 0.171 e. The molecule has 0 heterocycles. The van der Waals surface area contributed by atoms with Crippen LogP contribution in [-0.4, -0.2) is 24.8 Å². The second kappa shape index (κ2) is 2.10. The fourth-order valence-electron chi connectivity index (χ4n) is 1.98. The zero-order valence-electron chi connectivity index (χ0n) is 7.86. The molecule has 0 bridgehead atoms. The van der Waals surface area contributed by atoms with E-state index in [9.17, 15) is 4.79 Å². The van der Waals surface area contributed by atoms with E-state index in [1.165, 1.54) is 5.70 Å². The fraction of sp³-hybridized carbons (Fsp3) is 0.667. The van der Waals surface area contributed by atoms with E-state index in [1.807, 2.05) is 39.8 Å². The first-order valence-corrected chi connectivity index (χ1v) is 3.82. The zero-order valence-corrected chi connectivity index (χ0v) is 7.86. The summed E-state index contributed by atoms with van der Waals surface area (Å²) in [5.41, 5.74) is 1.84. The molecule has 0 amide bonds. The molecule has 0 aromatic heterocycles. The van der Waals surface area contributed by atoms with Crippen molar-refractivity contribution in [3.05, 3.63) is 11.3 Å². The molecule has 0 atom stereocenters. The second-order valence-corrected chi connectivity index (χ2v) is 3.82. The van der Waals surface area contributed by atoms with E-state index < -0.39 is 0 Å². The van der Waals surface area contributed by atoms with Gasteiger partial charge in [-0.05, 0) is 20.8 Å². The van der Waals surface area contributed by atoms with Crippen LogP contribution >= 0.6 is 0 Å². The predicted molar refractivity (Wildman–Crippen MR) is 45.2 cm³/mol. The summed E-state index contributed by atoms with van der Waals surface area (Å²) in [4.78, 5) is 13.3. The Hall–Kier alpha value is -0.790. The maximum atomic E-state index is 11.3. The lowest BCUT2D eigenvalue weighted by Gasteiger charge is -2.41. The Bertz CT molecular complexity index is 236. The van der Waals surface area contributed by atoms with Gasteiger partial charge < -0.3 is 4.90 Å². The number of rotatable bonds is 1. The van der Waals surface area contributed by atoms with Gasteiger partial charge in [0.05, 0.1) is 5.41 Å². The summed E-state index contributed by atoms with van der Waals surface area (Å²) in [5.74, 6) is 0.279. The predicted octanol–water partition coefficient (Wildman–Crippen LogP) is 1.43. The van der Waals surface area contributed by atoms with E-state index in [1.54, 1.807) is 0 Å². The third-order valence-corrected chi connectivity index (χ3v) is 2.30. The molecule has 0 saturated heterocycles. The van der Waals surface area contributed by atoms with E-state index >= 15 is 0 Å². The van der Waals surface area contributed by atoms with Crippen LogP contribution in [0.1, 0.15) is 20.8 Å². The molecule has 0 aromatic rings. The topological polar surface area (TPSA) is 20.3 Å². The number of ketones is 1. The van der Waals surface area contributed by atoms with Gasteiger partial charge in [0.2, 0.25) is 0 Å². The molecule has 0 radical (unpaired) electrons. The Morgan fingerprint density at radius 2 is 1.73 bits per heavy atom. The number of nitrogens with zero attached hydrogens (tertiary/aromatic N) is 1. The summed E-state index contributed by atoms with van der Waals surface area (Å²) in [6.45, 7) is 5.83. The smallest absolute Gasteiger partial charge is 0.171 e. The molecule has 0 spiro atoms. The van der Waals surface area contributed by atoms with Crippen LogP contribution < -0.4 is 0 Å². The van der Waals surface area contributed by atoms with E-state index in [0.717, 1.165) is 5.57 Å². The van der Waals surface area contributed by atoms with Crippen LogP contribution in [0.25, 0.3) is 0 Å². The molecule has 11 heavy (non-hydrogen) atoms. The molecule has 0 saturated carbocycles. The van der Waals surface area contributed by atoms with Gasteiger partial charge in [0, 0.05) is 25.4 Å². The third-order valence-electron chi connectivity index (χ3n) is 2.30. The highest BCUT2D eigenvalue weighted by Crippen LogP contribution is 2.42. The van der Waals surface area contributed by atoms with Gasteiger partial charge in [-0.25, -0.2) is 0 Å². The highest BCUT2D eigenvalue weighted by molar-refractivity contribution is 6.08. The highest BCUT2D eigenvalue weighted by Gasteiger charge is 2.44. The number of hydrogen-bond acceptors (Lipinski definition) is 2. The first-order valence-electron chi connectivity index (χ1n) is 3.82. The number of allylic oxidation sites excluding steroid dienone is 2. The lowest BCUT2D eigenvalue weighted by Crippen LogP contribution is -2.44. The summed E-state index contributed by atoms with van der Waals surface area (Å²) in [7, 11) is 3.96. The summed E-state index contributed by atoms with van der Waals surface area (Å²) in [6, 6.07) is 0. The van der Waals surface area contributed by atoms with Crippen LogP contribution in [0.3, 0.4) is 0 Å². The van der Waals surface area contributed by atoms with Crippen molar-refractivity contribution in [1.82, 2.24) is 4.90 Å². The Morgan fingerprint density at radius 1 is 1.27 bits per heavy atom. The Labute approximate surface area is 67.9 Å². The standard InChI is InChI=1S/C9H15NO/c1-6-7(10(4)5)9(2,3)8(6)11/h1-5H3. The minimum Gasteiger partial charge on any atom is -0.380 e. The Balaban J connectivity index is 3.06. The number of Topliss-reactive ketones (excluding diaryl/α,β-unsaturated/α-hetero) is 1. The molecule has 2 nitrogen and oxygen atoms in total. The van der Waals surface area contributed by atoms with Crippen molar-refractivity contribution in [1.29, 1.82) is 0 Å². The average Bonchev–Trinajstić information content (AvgIpc) is 1.85. The van der Waals surface area contributed by atoms with Crippen LogP contribution in [0, 0.1) is 5.41 Å². The minimum absolute atomic E-state index is 0.242. The van der Waals surface area contributed by atoms with Gasteiger partial charge in [0.25, 0.3) is 0 Å². The molecule has 0 unspecified atom stereocenters. The quantitative estimate of drug-likeness (QED) is 0.568. The van der Waals surface area contributed by atoms with E-state index in [4.69, 9.17) is 0 Å². The SMILES string of the molecule is CC1=C(N(C)C)C(C)(C)C1=O. The van der Waals surface area contributed by atoms with Crippen molar-refractivity contribution in [2.24, 2.45) is 5.41 Å². The maximum absolute atomic E-state index is 11.3. The van der Waals surface area contributed by atoms with Gasteiger partial charge in [-0.2, -0.15) is 0 Å². The van der Waals surface area contributed by atoms with Gasteiger partial charge in [0.15, 0.2) is 5.78 Å². The number of carbonyl (C=O) groups is 1. The second-order valence-electron chi connectivity index (χ2n) is 3.82. The molecule has 0 aliphatic heterocycles. The first-order chi connectivity index (χ1) is 4.89. The normalized spacial score (nSPS) is 21.7. The van der Waals surface area contributed by atoms with E-state index in [0.29, 0.717) is 0 Å². The number of hydrogen-bond donors (Lipinski definition) is 0. The van der Waals surface area contributed by atoms with Gasteiger partial charge >= 0.3 is 0 Å². The molecule has 1 rings (SSSR count). The lowest BCUT2D eigenvalue weighted by atomic mass is 9.69. The van der Waals surface area contributed by atoms with Crippen molar-refractivity contribution < 1.29 is 4.79 Å². The largest absolute Gasteiger partial charge is 0.380 e. The van der Waals surface area contributed by atoms with Crippen molar-refractivity contribution in [3.8, 4) is 0 Å². The molecule has 0 N–H and O–H groups in total. The Kier molecular flexibility index (Phi) is 1.58. The van der Waals surface area contributed by atoms with Crippen LogP contribution in [0.5, 0.6) is 0 Å². The molecule has 0 fully saturated rings. The van der Waals surface area contributed by atoms with Gasteiger partial charge in [-0.15, -0.1) is 0 Å². The average molecular weight is 153 g/mol. The summed E-state index contributed by atoms with van der Waals surface area (Å²) < 4.78 is 0. The van der Waals surface area contributed by atoms with E-state index in [-0.39, 0.29) is 11.2 Å². The third kappa shape index (κ3) is 0.889. The molecule has 0 aromatic carbocycles. The van der Waals surface area contributed by atoms with Crippen LogP contribution in [0.2, 0.25) is 0 Å². The summed E-state index contributed by atoms with van der Waals surface area (Å²) in [5, 5.41) is 0. The Morgan fingerprint density at radius 3 is 1.91 bits per heavy atom. The van der Waals surface area contributed by atoms with Crippen LogP contribution in [-0.2, 0) is 4.79 Å². The summed E-state index contributed by atoms with van der Waals surface area (Å²) in [6.07, 6.45) is 0. The zero-order chi connectivity index (χ0) is 8.81.